The molecule has 6 heteroatoms. The number of nitrogens with zero attached hydrogens (tertiary/aromatic N) is 4. The third-order valence-corrected chi connectivity index (χ3v) is 4.69. The predicted octanol–water partition coefficient (Wildman–Crippen LogP) is 4.03. The van der Waals surface area contributed by atoms with E-state index in [1.165, 1.54) is 0 Å². The average Bonchev–Trinajstić information content (AvgIpc) is 3.29. The number of fused-ring (bicyclic) bond motifs is 2. The highest BCUT2D eigenvalue weighted by atomic mass is 16.5. The van der Waals surface area contributed by atoms with E-state index in [-0.39, 0.29) is 0 Å². The summed E-state index contributed by atoms with van der Waals surface area (Å²) < 4.78 is 7.49. The van der Waals surface area contributed by atoms with Crippen molar-refractivity contribution in [3.8, 4) is 17.1 Å². The van der Waals surface area contributed by atoms with Crippen LogP contribution < -0.4 is 4.74 Å². The Hall–Kier alpha value is -3.67. The summed E-state index contributed by atoms with van der Waals surface area (Å²) >= 11 is 0. The van der Waals surface area contributed by atoms with Gasteiger partial charge in [0, 0.05) is 12.4 Å². The lowest BCUT2D eigenvalue weighted by molar-refractivity contribution is 0.416. The van der Waals surface area contributed by atoms with Gasteiger partial charge in [0.25, 0.3) is 0 Å². The normalized spacial score (nSPS) is 11.3. The largest absolute Gasteiger partial charge is 0.496 e. The van der Waals surface area contributed by atoms with Crippen molar-refractivity contribution < 1.29 is 4.74 Å². The molecule has 0 bridgehead atoms. The van der Waals surface area contributed by atoms with Crippen LogP contribution >= 0.6 is 0 Å². The van der Waals surface area contributed by atoms with Crippen LogP contribution in [0.25, 0.3) is 33.3 Å². The second kappa shape index (κ2) is 6.25. The van der Waals surface area contributed by atoms with Crippen molar-refractivity contribution in [3.63, 3.8) is 0 Å². The summed E-state index contributed by atoms with van der Waals surface area (Å²) in [5, 5.41) is 6.70. The molecule has 0 aliphatic rings. The van der Waals surface area contributed by atoms with Gasteiger partial charge in [-0.2, -0.15) is 5.10 Å². The number of aromatic nitrogens is 5. The van der Waals surface area contributed by atoms with E-state index in [0.717, 1.165) is 44.6 Å². The van der Waals surface area contributed by atoms with Gasteiger partial charge in [-0.1, -0.05) is 36.4 Å². The Morgan fingerprint density at radius 2 is 1.96 bits per heavy atom. The number of methoxy groups -OCH3 is 1. The van der Waals surface area contributed by atoms with E-state index < -0.39 is 0 Å². The van der Waals surface area contributed by atoms with Gasteiger partial charge >= 0.3 is 0 Å². The Morgan fingerprint density at radius 3 is 2.81 bits per heavy atom. The maximum absolute atomic E-state index is 5.62. The zero-order valence-corrected chi connectivity index (χ0v) is 14.8. The molecular formula is C21H17N5O. The Balaban J connectivity index is 1.66. The maximum atomic E-state index is 5.62. The number of hydrogen-bond acceptors (Lipinski definition) is 4. The summed E-state index contributed by atoms with van der Waals surface area (Å²) in [6, 6.07) is 16.2. The summed E-state index contributed by atoms with van der Waals surface area (Å²) in [6.45, 7) is 0.619. The van der Waals surface area contributed by atoms with Crippen molar-refractivity contribution in [2.45, 2.75) is 6.54 Å². The van der Waals surface area contributed by atoms with Crippen LogP contribution in [0.1, 0.15) is 5.56 Å². The summed E-state index contributed by atoms with van der Waals surface area (Å²) in [6.07, 6.45) is 5.41. The summed E-state index contributed by atoms with van der Waals surface area (Å²) in [5.41, 5.74) is 3.74. The highest BCUT2D eigenvalue weighted by Gasteiger charge is 2.17. The first-order chi connectivity index (χ1) is 13.3. The number of ether oxygens (including phenoxy) is 1. The van der Waals surface area contributed by atoms with E-state index >= 15 is 0 Å². The second-order valence-corrected chi connectivity index (χ2v) is 6.35. The van der Waals surface area contributed by atoms with Crippen LogP contribution in [0.15, 0.2) is 67.1 Å². The molecule has 2 aromatic carbocycles. The number of H-pyrrole nitrogens is 1. The molecule has 0 saturated carbocycles. The molecule has 0 aliphatic carbocycles. The standard InChI is InChI=1S/C21H17N5O/c1-27-18-9-8-15-6-2-3-7-16(15)19(18)20-24-17-12-23-26(21(17)25-20)13-14-5-4-10-22-11-14/h2-12H,13H2,1H3,(H,24,25). The first kappa shape index (κ1) is 15.6. The van der Waals surface area contributed by atoms with Gasteiger partial charge in [-0.25, -0.2) is 9.67 Å². The SMILES string of the molecule is COc1ccc2ccccc2c1-c1nc2c(cnn2Cc2cccnc2)[nH]1. The van der Waals surface area contributed by atoms with Crippen LogP contribution in [0.3, 0.4) is 0 Å². The lowest BCUT2D eigenvalue weighted by atomic mass is 10.0. The molecule has 6 nitrogen and oxygen atoms in total. The fourth-order valence-corrected chi connectivity index (χ4v) is 3.41. The Kier molecular flexibility index (Phi) is 3.60. The Labute approximate surface area is 155 Å². The average molecular weight is 355 g/mol. The molecule has 0 amide bonds. The molecule has 0 fully saturated rings. The van der Waals surface area contributed by atoms with E-state index in [1.807, 2.05) is 41.2 Å². The minimum absolute atomic E-state index is 0.619. The van der Waals surface area contributed by atoms with Gasteiger partial charge in [-0.15, -0.1) is 0 Å². The van der Waals surface area contributed by atoms with Crippen molar-refractivity contribution in [2.75, 3.05) is 7.11 Å². The molecule has 27 heavy (non-hydrogen) atoms. The number of aromatic amines is 1. The fourth-order valence-electron chi connectivity index (χ4n) is 3.41. The number of pyridine rings is 1. The molecule has 0 atom stereocenters. The number of benzene rings is 2. The highest BCUT2D eigenvalue weighted by Crippen LogP contribution is 2.36. The molecule has 3 heterocycles. The quantitative estimate of drug-likeness (QED) is 0.528. The van der Waals surface area contributed by atoms with Crippen LogP contribution in [0.2, 0.25) is 0 Å². The summed E-state index contributed by atoms with van der Waals surface area (Å²) in [5.74, 6) is 1.56. The van der Waals surface area contributed by atoms with Gasteiger partial charge in [0.1, 0.15) is 17.1 Å². The number of imidazole rings is 1. The van der Waals surface area contributed by atoms with Crippen molar-refractivity contribution >= 4 is 21.9 Å². The lowest BCUT2D eigenvalue weighted by Crippen LogP contribution is -2.02. The van der Waals surface area contributed by atoms with Crippen LogP contribution in [0.5, 0.6) is 5.75 Å². The minimum atomic E-state index is 0.619. The molecule has 5 aromatic rings. The molecule has 0 radical (unpaired) electrons. The van der Waals surface area contributed by atoms with Crippen molar-refractivity contribution in [1.82, 2.24) is 24.7 Å². The van der Waals surface area contributed by atoms with Crippen LogP contribution in [-0.4, -0.2) is 31.8 Å². The third-order valence-electron chi connectivity index (χ3n) is 4.69. The fraction of sp³-hybridized carbons (Fsp3) is 0.0952. The molecule has 5 rings (SSSR count). The van der Waals surface area contributed by atoms with Gasteiger partial charge in [0.05, 0.1) is 25.4 Å². The van der Waals surface area contributed by atoms with E-state index in [1.54, 1.807) is 19.5 Å². The molecule has 0 spiro atoms. The summed E-state index contributed by atoms with van der Waals surface area (Å²) in [7, 11) is 1.68. The first-order valence-electron chi connectivity index (χ1n) is 8.70. The molecule has 132 valence electrons. The van der Waals surface area contributed by atoms with Gasteiger partial charge in [0.2, 0.25) is 0 Å². The molecule has 0 saturated heterocycles. The molecular weight excluding hydrogens is 338 g/mol. The van der Waals surface area contributed by atoms with Crippen molar-refractivity contribution in [1.29, 1.82) is 0 Å². The van der Waals surface area contributed by atoms with E-state index in [4.69, 9.17) is 9.72 Å². The van der Waals surface area contributed by atoms with Crippen molar-refractivity contribution in [2.24, 2.45) is 0 Å². The van der Waals surface area contributed by atoms with Crippen molar-refractivity contribution in [3.05, 3.63) is 72.7 Å². The number of hydrogen-bond donors (Lipinski definition) is 1. The zero-order chi connectivity index (χ0) is 18.2. The molecule has 0 aliphatic heterocycles. The zero-order valence-electron chi connectivity index (χ0n) is 14.8. The van der Waals surface area contributed by atoms with Gasteiger partial charge in [0.15, 0.2) is 5.65 Å². The van der Waals surface area contributed by atoms with Gasteiger partial charge in [-0.3, -0.25) is 4.98 Å². The topological polar surface area (TPSA) is 68.6 Å². The monoisotopic (exact) mass is 355 g/mol. The summed E-state index contributed by atoms with van der Waals surface area (Å²) in [4.78, 5) is 12.4. The Bertz CT molecular complexity index is 1240. The molecule has 0 unspecified atom stereocenters. The molecule has 3 aromatic heterocycles. The minimum Gasteiger partial charge on any atom is -0.496 e. The van der Waals surface area contributed by atoms with Gasteiger partial charge in [-0.05, 0) is 28.5 Å². The maximum Gasteiger partial charge on any atom is 0.177 e. The number of nitrogens with one attached hydrogen (secondary N) is 1. The molecule has 1 N–H and O–H groups in total. The smallest absolute Gasteiger partial charge is 0.177 e. The Morgan fingerprint density at radius 1 is 1.04 bits per heavy atom. The third kappa shape index (κ3) is 2.62. The lowest BCUT2D eigenvalue weighted by Gasteiger charge is -2.10. The van der Waals surface area contributed by atoms with Crippen LogP contribution in [0, 0.1) is 0 Å². The second-order valence-electron chi connectivity index (χ2n) is 6.35. The van der Waals surface area contributed by atoms with E-state index in [2.05, 4.69) is 33.3 Å². The highest BCUT2D eigenvalue weighted by molar-refractivity contribution is 5.99. The van der Waals surface area contributed by atoms with E-state index in [0.29, 0.717) is 6.54 Å². The van der Waals surface area contributed by atoms with Crippen LogP contribution in [0.4, 0.5) is 0 Å². The van der Waals surface area contributed by atoms with Gasteiger partial charge < -0.3 is 9.72 Å². The first-order valence-corrected chi connectivity index (χ1v) is 8.70. The number of rotatable bonds is 4. The van der Waals surface area contributed by atoms with E-state index in [9.17, 15) is 0 Å². The van der Waals surface area contributed by atoms with Crippen LogP contribution in [-0.2, 0) is 6.54 Å². The predicted molar refractivity (Wildman–Crippen MR) is 105 cm³/mol.